The standard InChI is InChI=1S/C18H21BrFN3O4.C4H11N3.C3H8/c19-13-4-1-3-12(7-13)8-16(25)21-11-17(26)23-6-2-5-15(23)18(27)22-10-14(24)9-20;1-2-3-7-4(5)6;1-3-2/h1,3-4,7,15H,2,5-6,8-11H2,(H,21,25)(H,22,27);2-3H2,1H3,(H4,5,6,7);3H2,1-2H3. The lowest BCUT2D eigenvalue weighted by Gasteiger charge is -2.24. The summed E-state index contributed by atoms with van der Waals surface area (Å²) in [6, 6.07) is 6.60. The lowest BCUT2D eigenvalue weighted by atomic mass is 10.1. The zero-order valence-corrected chi connectivity index (χ0v) is 23.5. The van der Waals surface area contributed by atoms with Crippen molar-refractivity contribution in [1.29, 1.82) is 0 Å². The van der Waals surface area contributed by atoms with Crippen molar-refractivity contribution in [3.05, 3.63) is 34.3 Å². The first kappa shape index (κ1) is 34.0. The molecule has 1 atom stereocenters. The van der Waals surface area contributed by atoms with Gasteiger partial charge in [0.2, 0.25) is 17.7 Å². The molecule has 1 aromatic carbocycles. The molecule has 208 valence electrons. The first-order valence-electron chi connectivity index (χ1n) is 12.3. The number of hydrogen-bond donors (Lipinski definition) is 4. The molecular weight excluding hydrogens is 547 g/mol. The van der Waals surface area contributed by atoms with E-state index in [2.05, 4.69) is 45.4 Å². The van der Waals surface area contributed by atoms with Crippen molar-refractivity contribution in [3.63, 3.8) is 0 Å². The fourth-order valence-corrected chi connectivity index (χ4v) is 3.55. The van der Waals surface area contributed by atoms with Gasteiger partial charge in [-0.15, -0.1) is 0 Å². The number of alkyl halides is 1. The molecule has 1 aliphatic heterocycles. The molecular formula is C25H40BrFN6O4. The van der Waals surface area contributed by atoms with Crippen molar-refractivity contribution in [2.75, 3.05) is 32.9 Å². The van der Waals surface area contributed by atoms with Crippen LogP contribution in [0.4, 0.5) is 4.39 Å². The van der Waals surface area contributed by atoms with Crippen molar-refractivity contribution in [2.45, 2.75) is 58.9 Å². The van der Waals surface area contributed by atoms with Gasteiger partial charge < -0.3 is 27.0 Å². The maximum atomic E-state index is 12.4. The smallest absolute Gasteiger partial charge is 0.243 e. The Bertz CT molecular complexity index is 896. The van der Waals surface area contributed by atoms with Gasteiger partial charge in [-0.25, -0.2) is 4.39 Å². The molecule has 12 heteroatoms. The SMILES string of the molecule is CCC.CCCN=C(N)N.O=C(CF)CNC(=O)C1CCCN1C(=O)CNC(=O)Cc1cccc(Br)c1. The quantitative estimate of drug-likeness (QED) is 0.242. The van der Waals surface area contributed by atoms with E-state index in [4.69, 9.17) is 11.5 Å². The van der Waals surface area contributed by atoms with Gasteiger partial charge in [0, 0.05) is 17.6 Å². The number of carbonyl (C=O) groups is 4. The third kappa shape index (κ3) is 15.6. The summed E-state index contributed by atoms with van der Waals surface area (Å²) < 4.78 is 13.0. The second-order valence-electron chi connectivity index (χ2n) is 8.23. The zero-order valence-electron chi connectivity index (χ0n) is 21.9. The number of nitrogens with one attached hydrogen (secondary N) is 2. The number of nitrogens with two attached hydrogens (primary N) is 2. The van der Waals surface area contributed by atoms with Gasteiger partial charge in [0.05, 0.1) is 19.5 Å². The van der Waals surface area contributed by atoms with E-state index in [1.165, 1.54) is 11.3 Å². The third-order valence-electron chi connectivity index (χ3n) is 4.69. The van der Waals surface area contributed by atoms with Crippen LogP contribution in [0.2, 0.25) is 0 Å². The largest absolute Gasteiger partial charge is 0.370 e. The molecule has 0 aromatic heterocycles. The molecule has 37 heavy (non-hydrogen) atoms. The Labute approximate surface area is 226 Å². The summed E-state index contributed by atoms with van der Waals surface area (Å²) >= 11 is 3.33. The number of nitrogens with zero attached hydrogens (tertiary/aromatic N) is 2. The molecule has 0 radical (unpaired) electrons. The average molecular weight is 588 g/mol. The van der Waals surface area contributed by atoms with Gasteiger partial charge in [-0.2, -0.15) is 0 Å². The van der Waals surface area contributed by atoms with E-state index in [0.717, 1.165) is 23.0 Å². The topological polar surface area (TPSA) is 160 Å². The van der Waals surface area contributed by atoms with E-state index < -0.39 is 31.0 Å². The third-order valence-corrected chi connectivity index (χ3v) is 5.19. The Kier molecular flexibility index (Phi) is 18.4. The predicted molar refractivity (Wildman–Crippen MR) is 147 cm³/mol. The average Bonchev–Trinajstić information content (AvgIpc) is 3.35. The van der Waals surface area contributed by atoms with E-state index in [1.807, 2.05) is 31.2 Å². The van der Waals surface area contributed by atoms with Crippen LogP contribution in [0.3, 0.4) is 0 Å². The van der Waals surface area contributed by atoms with Crippen LogP contribution in [0, 0.1) is 0 Å². The monoisotopic (exact) mass is 586 g/mol. The summed E-state index contributed by atoms with van der Waals surface area (Å²) in [4.78, 5) is 52.6. The van der Waals surface area contributed by atoms with Gasteiger partial charge in [0.25, 0.3) is 0 Å². The minimum absolute atomic E-state index is 0.141. The van der Waals surface area contributed by atoms with E-state index in [-0.39, 0.29) is 30.7 Å². The summed E-state index contributed by atoms with van der Waals surface area (Å²) in [7, 11) is 0. The molecule has 0 bridgehead atoms. The molecule has 6 N–H and O–H groups in total. The number of rotatable bonds is 10. The van der Waals surface area contributed by atoms with Gasteiger partial charge in [-0.3, -0.25) is 24.2 Å². The molecule has 0 saturated carbocycles. The summed E-state index contributed by atoms with van der Waals surface area (Å²) in [5, 5.41) is 4.91. The first-order chi connectivity index (χ1) is 17.6. The van der Waals surface area contributed by atoms with Crippen molar-refractivity contribution in [3.8, 4) is 0 Å². The number of likely N-dealkylation sites (tertiary alicyclic amines) is 1. The summed E-state index contributed by atoms with van der Waals surface area (Å²) in [6.45, 7) is 5.67. The highest BCUT2D eigenvalue weighted by atomic mass is 79.9. The summed E-state index contributed by atoms with van der Waals surface area (Å²) in [5.41, 5.74) is 10.8. The van der Waals surface area contributed by atoms with Gasteiger partial charge >= 0.3 is 0 Å². The molecule has 1 fully saturated rings. The predicted octanol–water partition coefficient (Wildman–Crippen LogP) is 1.84. The van der Waals surface area contributed by atoms with Crippen LogP contribution < -0.4 is 22.1 Å². The summed E-state index contributed by atoms with van der Waals surface area (Å²) in [5.74, 6) is -1.69. The lowest BCUT2D eigenvalue weighted by Crippen LogP contribution is -2.49. The fraction of sp³-hybridized carbons (Fsp3) is 0.560. The van der Waals surface area contributed by atoms with E-state index >= 15 is 0 Å². The Balaban J connectivity index is 0.00000110. The van der Waals surface area contributed by atoms with Crippen molar-refractivity contribution in [2.24, 2.45) is 16.5 Å². The number of aliphatic imine (C=N–C) groups is 1. The van der Waals surface area contributed by atoms with Crippen LogP contribution >= 0.6 is 15.9 Å². The maximum Gasteiger partial charge on any atom is 0.243 e. The normalized spacial score (nSPS) is 13.8. The second kappa shape index (κ2) is 20.1. The van der Waals surface area contributed by atoms with Crippen molar-refractivity contribution < 1.29 is 23.6 Å². The minimum Gasteiger partial charge on any atom is -0.370 e. The van der Waals surface area contributed by atoms with Crippen LogP contribution in [-0.4, -0.2) is 73.3 Å². The van der Waals surface area contributed by atoms with Crippen LogP contribution in [0.15, 0.2) is 33.7 Å². The van der Waals surface area contributed by atoms with Gasteiger partial charge in [-0.1, -0.05) is 55.3 Å². The van der Waals surface area contributed by atoms with Crippen molar-refractivity contribution in [1.82, 2.24) is 15.5 Å². The second-order valence-corrected chi connectivity index (χ2v) is 9.15. The molecule has 2 rings (SSSR count). The molecule has 1 saturated heterocycles. The molecule has 1 aliphatic rings. The van der Waals surface area contributed by atoms with Gasteiger partial charge in [-0.05, 0) is 37.0 Å². The number of guanidine groups is 1. The van der Waals surface area contributed by atoms with E-state index in [1.54, 1.807) is 0 Å². The maximum absolute atomic E-state index is 12.4. The molecule has 0 spiro atoms. The Morgan fingerprint density at radius 3 is 2.35 bits per heavy atom. The van der Waals surface area contributed by atoms with Crippen LogP contribution in [0.25, 0.3) is 0 Å². The molecule has 1 heterocycles. The number of carbonyl (C=O) groups excluding carboxylic acids is 4. The molecule has 3 amide bonds. The van der Waals surface area contributed by atoms with Crippen LogP contribution in [0.1, 0.15) is 52.0 Å². The van der Waals surface area contributed by atoms with Crippen LogP contribution in [-0.2, 0) is 25.6 Å². The van der Waals surface area contributed by atoms with Crippen LogP contribution in [0.5, 0.6) is 0 Å². The minimum atomic E-state index is -1.14. The number of Topliss-reactive ketones (excluding diaryl/α,β-unsaturated/α-hetero) is 1. The number of hydrogen-bond acceptors (Lipinski definition) is 5. The molecule has 1 aromatic rings. The lowest BCUT2D eigenvalue weighted by molar-refractivity contribution is -0.139. The number of halogens is 2. The zero-order chi connectivity index (χ0) is 28.2. The molecule has 0 aliphatic carbocycles. The Morgan fingerprint density at radius 1 is 1.14 bits per heavy atom. The number of amides is 3. The Hall–Kier alpha value is -3.02. The van der Waals surface area contributed by atoms with E-state index in [9.17, 15) is 23.6 Å². The van der Waals surface area contributed by atoms with Gasteiger partial charge in [0.1, 0.15) is 12.7 Å². The molecule has 10 nitrogen and oxygen atoms in total. The van der Waals surface area contributed by atoms with Gasteiger partial charge in [0.15, 0.2) is 11.7 Å². The fourth-order valence-electron chi connectivity index (χ4n) is 3.10. The van der Waals surface area contributed by atoms with E-state index in [0.29, 0.717) is 19.4 Å². The summed E-state index contributed by atoms with van der Waals surface area (Å²) in [6.07, 6.45) is 3.50. The highest BCUT2D eigenvalue weighted by Gasteiger charge is 2.34. The Morgan fingerprint density at radius 2 is 1.81 bits per heavy atom. The first-order valence-corrected chi connectivity index (χ1v) is 13.1. The molecule has 1 unspecified atom stereocenters. The highest BCUT2D eigenvalue weighted by molar-refractivity contribution is 9.10. The number of ketones is 1. The number of benzene rings is 1. The van der Waals surface area contributed by atoms with Crippen molar-refractivity contribution >= 4 is 45.4 Å². The highest BCUT2D eigenvalue weighted by Crippen LogP contribution is 2.17.